The summed E-state index contributed by atoms with van der Waals surface area (Å²) in [5.74, 6) is 1.53. The SMILES string of the molecule is Cn1c(Nc2ccc(F)cc2)ncc(-c2ccc(Oc3ccnc4c3OCCOCCO4)cn2)c1=O. The summed E-state index contributed by atoms with van der Waals surface area (Å²) in [7, 11) is 1.59. The molecule has 5 rings (SSSR count). The quantitative estimate of drug-likeness (QED) is 0.447. The first kappa shape index (κ1) is 23.2. The molecule has 3 aromatic heterocycles. The maximum absolute atomic E-state index is 13.1. The average Bonchev–Trinajstić information content (AvgIpc) is 3.01. The van der Waals surface area contributed by atoms with Crippen LogP contribution in [-0.4, -0.2) is 45.9 Å². The topological polar surface area (TPSA) is 110 Å². The van der Waals surface area contributed by atoms with Gasteiger partial charge in [-0.25, -0.2) is 14.4 Å². The molecule has 1 aliphatic rings. The number of benzene rings is 1. The molecule has 1 aliphatic heterocycles. The molecule has 0 saturated carbocycles. The van der Waals surface area contributed by atoms with Crippen molar-refractivity contribution in [3.8, 4) is 34.4 Å². The van der Waals surface area contributed by atoms with Crippen LogP contribution in [0.3, 0.4) is 0 Å². The Hall–Kier alpha value is -4.51. The van der Waals surface area contributed by atoms with Gasteiger partial charge in [0.05, 0.1) is 30.7 Å². The van der Waals surface area contributed by atoms with Crippen molar-refractivity contribution in [1.82, 2.24) is 19.5 Å². The molecule has 1 N–H and O–H groups in total. The first-order valence-electron chi connectivity index (χ1n) is 11.1. The van der Waals surface area contributed by atoms with Crippen LogP contribution in [-0.2, 0) is 11.8 Å². The van der Waals surface area contributed by atoms with Gasteiger partial charge >= 0.3 is 0 Å². The van der Waals surface area contributed by atoms with Gasteiger partial charge in [-0.15, -0.1) is 0 Å². The van der Waals surface area contributed by atoms with Crippen LogP contribution in [0.4, 0.5) is 16.0 Å². The molecule has 0 amide bonds. The Bertz CT molecular complexity index is 1410. The Balaban J connectivity index is 1.35. The predicted octanol–water partition coefficient (Wildman–Crippen LogP) is 3.70. The van der Waals surface area contributed by atoms with Crippen LogP contribution in [0.25, 0.3) is 11.3 Å². The van der Waals surface area contributed by atoms with Gasteiger partial charge in [-0.1, -0.05) is 0 Å². The fourth-order valence-electron chi connectivity index (χ4n) is 3.46. The van der Waals surface area contributed by atoms with Crippen molar-refractivity contribution < 1.29 is 23.3 Å². The second-order valence-corrected chi connectivity index (χ2v) is 7.73. The van der Waals surface area contributed by atoms with Crippen LogP contribution in [0.2, 0.25) is 0 Å². The number of fused-ring (bicyclic) bond motifs is 1. The van der Waals surface area contributed by atoms with Gasteiger partial charge < -0.3 is 24.3 Å². The van der Waals surface area contributed by atoms with E-state index < -0.39 is 0 Å². The molecule has 1 aromatic carbocycles. The minimum absolute atomic E-state index is 0.296. The molecule has 0 saturated heterocycles. The number of nitrogens with one attached hydrogen (secondary N) is 1. The van der Waals surface area contributed by atoms with E-state index in [9.17, 15) is 9.18 Å². The number of ether oxygens (including phenoxy) is 4. The lowest BCUT2D eigenvalue weighted by Crippen LogP contribution is -2.22. The summed E-state index contributed by atoms with van der Waals surface area (Å²) in [6, 6.07) is 10.8. The minimum atomic E-state index is -0.350. The molecule has 11 heteroatoms. The van der Waals surface area contributed by atoms with Gasteiger partial charge in [-0.3, -0.25) is 14.3 Å². The summed E-state index contributed by atoms with van der Waals surface area (Å²) in [5.41, 5.74) is 1.06. The third-order valence-electron chi connectivity index (χ3n) is 5.29. The second kappa shape index (κ2) is 10.4. The molecule has 10 nitrogen and oxygen atoms in total. The van der Waals surface area contributed by atoms with Crippen molar-refractivity contribution >= 4 is 11.6 Å². The maximum atomic E-state index is 13.1. The largest absolute Gasteiger partial charge is 0.483 e. The van der Waals surface area contributed by atoms with Crippen molar-refractivity contribution in [3.63, 3.8) is 0 Å². The van der Waals surface area contributed by atoms with E-state index in [1.807, 2.05) is 0 Å². The standard InChI is InChI=1S/C25H22FN5O5/c1-31-24(32)19(15-29-25(31)30-17-4-2-16(26)3-5-17)20-7-6-18(14-28-20)36-21-8-9-27-23-22(21)34-12-10-33-11-13-35-23/h2-9,14-15H,10-13H2,1H3,(H,29,30). The van der Waals surface area contributed by atoms with Gasteiger partial charge in [0.25, 0.3) is 11.4 Å². The Labute approximate surface area is 205 Å². The summed E-state index contributed by atoms with van der Waals surface area (Å²) in [5, 5.41) is 3.00. The molecule has 4 heterocycles. The molecule has 184 valence electrons. The minimum Gasteiger partial charge on any atom is -0.483 e. The van der Waals surface area contributed by atoms with E-state index in [2.05, 4.69) is 20.3 Å². The smallest absolute Gasteiger partial charge is 0.264 e. The lowest BCUT2D eigenvalue weighted by molar-refractivity contribution is 0.0869. The number of nitrogens with zero attached hydrogens (tertiary/aromatic N) is 4. The number of halogens is 1. The second-order valence-electron chi connectivity index (χ2n) is 7.73. The average molecular weight is 491 g/mol. The Morgan fingerprint density at radius 2 is 1.75 bits per heavy atom. The summed E-state index contributed by atoms with van der Waals surface area (Å²) < 4.78 is 37.2. The maximum Gasteiger partial charge on any atom is 0.264 e. The number of hydrogen-bond donors (Lipinski definition) is 1. The first-order valence-corrected chi connectivity index (χ1v) is 11.1. The molecule has 36 heavy (non-hydrogen) atoms. The summed E-state index contributed by atoms with van der Waals surface area (Å²) >= 11 is 0. The number of anilines is 2. The normalized spacial score (nSPS) is 13.3. The molecule has 0 bridgehead atoms. The molecule has 4 aromatic rings. The fraction of sp³-hybridized carbons (Fsp3) is 0.200. The molecule has 0 radical (unpaired) electrons. The molecular formula is C25H22FN5O5. The highest BCUT2D eigenvalue weighted by atomic mass is 19.1. The zero-order valence-corrected chi connectivity index (χ0v) is 19.3. The number of rotatable bonds is 5. The van der Waals surface area contributed by atoms with Crippen molar-refractivity contribution in [1.29, 1.82) is 0 Å². The lowest BCUT2D eigenvalue weighted by atomic mass is 10.2. The van der Waals surface area contributed by atoms with E-state index in [0.29, 0.717) is 72.4 Å². The van der Waals surface area contributed by atoms with Gasteiger partial charge in [-0.05, 0) is 36.4 Å². The van der Waals surface area contributed by atoms with E-state index >= 15 is 0 Å². The lowest BCUT2D eigenvalue weighted by Gasteiger charge is -2.14. The molecule has 0 fully saturated rings. The van der Waals surface area contributed by atoms with Crippen molar-refractivity contribution in [2.24, 2.45) is 7.05 Å². The van der Waals surface area contributed by atoms with E-state index in [4.69, 9.17) is 18.9 Å². The highest BCUT2D eigenvalue weighted by molar-refractivity contribution is 5.60. The summed E-state index contributed by atoms with van der Waals surface area (Å²) in [6.45, 7) is 1.55. The van der Waals surface area contributed by atoms with Crippen molar-refractivity contribution in [3.05, 3.63) is 77.2 Å². The van der Waals surface area contributed by atoms with Gasteiger partial charge in [0, 0.05) is 31.2 Å². The fourth-order valence-corrected chi connectivity index (χ4v) is 3.46. The summed E-state index contributed by atoms with van der Waals surface area (Å²) in [4.78, 5) is 25.9. The van der Waals surface area contributed by atoms with Gasteiger partial charge in [-0.2, -0.15) is 0 Å². The van der Waals surface area contributed by atoms with Gasteiger partial charge in [0.1, 0.15) is 24.8 Å². The monoisotopic (exact) mass is 491 g/mol. The molecule has 0 atom stereocenters. The van der Waals surface area contributed by atoms with Crippen LogP contribution in [0, 0.1) is 5.82 Å². The zero-order valence-electron chi connectivity index (χ0n) is 19.3. The van der Waals surface area contributed by atoms with Crippen LogP contribution in [0.5, 0.6) is 23.1 Å². The Kier molecular flexibility index (Phi) is 6.72. The number of pyridine rings is 2. The van der Waals surface area contributed by atoms with Crippen LogP contribution >= 0.6 is 0 Å². The van der Waals surface area contributed by atoms with Crippen molar-refractivity contribution in [2.75, 3.05) is 31.7 Å². The molecule has 0 spiro atoms. The highest BCUT2D eigenvalue weighted by Gasteiger charge is 2.17. The summed E-state index contributed by atoms with van der Waals surface area (Å²) in [6.07, 6.45) is 4.51. The first-order chi connectivity index (χ1) is 17.6. The van der Waals surface area contributed by atoms with E-state index in [1.165, 1.54) is 29.1 Å². The number of aromatic nitrogens is 4. The van der Waals surface area contributed by atoms with Crippen LogP contribution < -0.4 is 25.1 Å². The van der Waals surface area contributed by atoms with Gasteiger partial charge in [0.15, 0.2) is 5.75 Å². The molecule has 0 aliphatic carbocycles. The van der Waals surface area contributed by atoms with Crippen molar-refractivity contribution in [2.45, 2.75) is 0 Å². The van der Waals surface area contributed by atoms with Crippen LogP contribution in [0.1, 0.15) is 0 Å². The van der Waals surface area contributed by atoms with E-state index in [-0.39, 0.29) is 11.4 Å². The molecular weight excluding hydrogens is 469 g/mol. The third kappa shape index (κ3) is 5.10. The predicted molar refractivity (Wildman–Crippen MR) is 129 cm³/mol. The van der Waals surface area contributed by atoms with Gasteiger partial charge in [0.2, 0.25) is 11.7 Å². The molecule has 0 unspecified atom stereocenters. The Morgan fingerprint density at radius 3 is 2.53 bits per heavy atom. The highest BCUT2D eigenvalue weighted by Crippen LogP contribution is 2.38. The van der Waals surface area contributed by atoms with E-state index in [0.717, 1.165) is 0 Å². The zero-order chi connectivity index (χ0) is 24.9. The van der Waals surface area contributed by atoms with E-state index in [1.54, 1.807) is 43.6 Å². The van der Waals surface area contributed by atoms with Crippen LogP contribution in [0.15, 0.2) is 65.8 Å². The number of hydrogen-bond acceptors (Lipinski definition) is 9. The Morgan fingerprint density at radius 1 is 0.944 bits per heavy atom. The third-order valence-corrected chi connectivity index (χ3v) is 5.29.